The summed E-state index contributed by atoms with van der Waals surface area (Å²) in [5.41, 5.74) is 6.23. The Morgan fingerprint density at radius 2 is 1.07 bits per heavy atom. The van der Waals surface area contributed by atoms with Gasteiger partial charge >= 0.3 is 7.12 Å². The molecule has 1 fully saturated rings. The van der Waals surface area contributed by atoms with E-state index in [0.29, 0.717) is 22.1 Å². The predicted molar refractivity (Wildman–Crippen MR) is 241 cm³/mol. The SMILES string of the molecule is Cn1cc(-c2cc3c(=O)cc[nH]c3nc2-c2ccccc2)ccc1=O.Cn1cc(B2OC(C)(C)C(C)(C)O2)ccc1=O.O=c1cc[nH]c2nc(-c3ccccc3)c(Br)cc12. The molecule has 14 heteroatoms. The van der Waals surface area contributed by atoms with E-state index in [4.69, 9.17) is 14.3 Å². The van der Waals surface area contributed by atoms with Crippen molar-refractivity contribution in [2.45, 2.75) is 38.9 Å². The number of hydrogen-bond donors (Lipinski definition) is 2. The molecule has 6 aromatic heterocycles. The minimum atomic E-state index is -0.410. The number of rotatable bonds is 4. The zero-order valence-corrected chi connectivity index (χ0v) is 35.5. The van der Waals surface area contributed by atoms with Crippen LogP contribution in [0.4, 0.5) is 0 Å². The molecule has 9 rings (SSSR count). The van der Waals surface area contributed by atoms with Gasteiger partial charge in [0.25, 0.3) is 0 Å². The lowest BCUT2D eigenvalue weighted by Gasteiger charge is -2.32. The van der Waals surface area contributed by atoms with Gasteiger partial charge in [-0.25, -0.2) is 9.97 Å². The van der Waals surface area contributed by atoms with Crippen molar-refractivity contribution in [1.29, 1.82) is 0 Å². The second kappa shape index (κ2) is 17.0. The highest BCUT2D eigenvalue weighted by molar-refractivity contribution is 9.10. The third-order valence-electron chi connectivity index (χ3n) is 10.6. The maximum absolute atomic E-state index is 12.2. The van der Waals surface area contributed by atoms with E-state index in [9.17, 15) is 19.2 Å². The fourth-order valence-electron chi connectivity index (χ4n) is 6.49. The number of H-pyrrole nitrogens is 2. The maximum atomic E-state index is 12.2. The number of nitrogens with zero attached hydrogens (tertiary/aromatic N) is 4. The van der Waals surface area contributed by atoms with E-state index in [1.54, 1.807) is 51.0 Å². The topological polar surface area (TPSA) is 154 Å². The fraction of sp³-hybridized carbons (Fsp3) is 0.174. The molecule has 0 unspecified atom stereocenters. The van der Waals surface area contributed by atoms with Gasteiger partial charge in [-0.05, 0) is 67.3 Å². The van der Waals surface area contributed by atoms with E-state index in [0.717, 1.165) is 43.6 Å². The van der Waals surface area contributed by atoms with Crippen LogP contribution in [-0.2, 0) is 23.4 Å². The Bertz CT molecular complexity index is 3080. The third kappa shape index (κ3) is 8.76. The molecule has 2 N–H and O–H groups in total. The van der Waals surface area contributed by atoms with Gasteiger partial charge in [-0.3, -0.25) is 19.2 Å². The molecule has 0 radical (unpaired) electrons. The monoisotopic (exact) mass is 864 g/mol. The Hall–Kier alpha value is -6.48. The van der Waals surface area contributed by atoms with Crippen LogP contribution in [0.2, 0.25) is 0 Å². The second-order valence-electron chi connectivity index (χ2n) is 15.3. The summed E-state index contributed by atoms with van der Waals surface area (Å²) in [6.07, 6.45) is 6.72. The van der Waals surface area contributed by atoms with E-state index >= 15 is 0 Å². The first-order valence-corrected chi connectivity index (χ1v) is 19.9. The van der Waals surface area contributed by atoms with Crippen molar-refractivity contribution in [3.63, 3.8) is 0 Å². The first-order chi connectivity index (χ1) is 28.6. The summed E-state index contributed by atoms with van der Waals surface area (Å²) in [6.45, 7) is 8.04. The van der Waals surface area contributed by atoms with Gasteiger partial charge in [-0.1, -0.05) is 66.7 Å². The normalized spacial score (nSPS) is 13.9. The number of hydrogen-bond acceptors (Lipinski definition) is 8. The van der Waals surface area contributed by atoms with Crippen LogP contribution < -0.4 is 27.4 Å². The average molecular weight is 866 g/mol. The summed E-state index contributed by atoms with van der Waals surface area (Å²) >= 11 is 3.47. The summed E-state index contributed by atoms with van der Waals surface area (Å²) in [5.74, 6) is 0. The molecule has 1 aliphatic heterocycles. The van der Waals surface area contributed by atoms with Gasteiger partial charge in [0.2, 0.25) is 11.1 Å². The van der Waals surface area contributed by atoms with Crippen LogP contribution in [0.3, 0.4) is 0 Å². The molecule has 0 spiro atoms. The minimum absolute atomic E-state index is 0.0310. The number of fused-ring (bicyclic) bond motifs is 2. The Balaban J connectivity index is 0.000000140. The Morgan fingerprint density at radius 1 is 0.583 bits per heavy atom. The standard InChI is InChI=1S/C20H15N3O2.C14H9BrN2O.C12H18BNO3/c1-23-12-14(7-8-18(23)25)15-11-16-17(24)9-10-21-20(16)22-19(15)13-5-3-2-4-6-13;15-11-8-10-12(18)6-7-16-14(10)17-13(11)9-4-2-1-3-5-9;1-11(2)12(3,4)17-13(16-11)9-6-7-10(15)14(5)8-9/h2-12H,1H3,(H,21,22,24);1-8H,(H,16,17,18);6-8H,1-5H3. The Labute approximate surface area is 353 Å². The molecule has 8 aromatic rings. The van der Waals surface area contributed by atoms with Crippen molar-refractivity contribution in [2.75, 3.05) is 0 Å². The molecule has 12 nitrogen and oxygen atoms in total. The van der Waals surface area contributed by atoms with Gasteiger partial charge in [0, 0.05) is 89.9 Å². The van der Waals surface area contributed by atoms with Crippen LogP contribution in [0.1, 0.15) is 27.7 Å². The number of pyridine rings is 6. The Morgan fingerprint density at radius 3 is 1.60 bits per heavy atom. The number of halogens is 1. The molecule has 7 heterocycles. The number of aryl methyl sites for hydroxylation is 2. The third-order valence-corrected chi connectivity index (χ3v) is 11.2. The largest absolute Gasteiger partial charge is 0.496 e. The van der Waals surface area contributed by atoms with Gasteiger partial charge in [0.05, 0.1) is 33.4 Å². The summed E-state index contributed by atoms with van der Waals surface area (Å²) in [6, 6.07) is 32.8. The van der Waals surface area contributed by atoms with Crippen molar-refractivity contribution in [2.24, 2.45) is 14.1 Å². The molecular weight excluding hydrogens is 823 g/mol. The molecule has 1 aliphatic rings. The lowest BCUT2D eigenvalue weighted by atomic mass is 9.80. The molecule has 2 aromatic carbocycles. The molecule has 0 amide bonds. The summed E-state index contributed by atoms with van der Waals surface area (Å²) in [7, 11) is 3.01. The van der Waals surface area contributed by atoms with Crippen molar-refractivity contribution in [3.05, 3.63) is 180 Å². The van der Waals surface area contributed by atoms with Crippen molar-refractivity contribution >= 4 is 50.6 Å². The number of benzene rings is 2. The highest BCUT2D eigenvalue weighted by Gasteiger charge is 2.51. The first-order valence-electron chi connectivity index (χ1n) is 19.1. The van der Waals surface area contributed by atoms with E-state index in [1.165, 1.54) is 33.4 Å². The van der Waals surface area contributed by atoms with E-state index < -0.39 is 7.12 Å². The average Bonchev–Trinajstić information content (AvgIpc) is 3.46. The van der Waals surface area contributed by atoms with Crippen LogP contribution >= 0.6 is 15.9 Å². The molecule has 302 valence electrons. The lowest BCUT2D eigenvalue weighted by molar-refractivity contribution is 0.00578. The van der Waals surface area contributed by atoms with Crippen LogP contribution in [0.5, 0.6) is 0 Å². The minimum Gasteiger partial charge on any atom is -0.399 e. The first kappa shape index (κ1) is 41.7. The van der Waals surface area contributed by atoms with E-state index in [1.807, 2.05) is 100 Å². The smallest absolute Gasteiger partial charge is 0.399 e. The molecular formula is C46H42BBrN6O6. The van der Waals surface area contributed by atoms with Crippen molar-refractivity contribution in [3.8, 4) is 33.6 Å². The Kier molecular flexibility index (Phi) is 11.8. The molecule has 60 heavy (non-hydrogen) atoms. The van der Waals surface area contributed by atoms with Crippen molar-refractivity contribution in [1.82, 2.24) is 29.1 Å². The number of aromatic amines is 2. The second-order valence-corrected chi connectivity index (χ2v) is 16.1. The molecule has 1 saturated heterocycles. The lowest BCUT2D eigenvalue weighted by Crippen LogP contribution is -2.41. The summed E-state index contributed by atoms with van der Waals surface area (Å²) in [4.78, 5) is 62.2. The zero-order chi connectivity index (χ0) is 42.8. The zero-order valence-electron chi connectivity index (χ0n) is 33.9. The van der Waals surface area contributed by atoms with Crippen LogP contribution in [0, 0.1) is 0 Å². The van der Waals surface area contributed by atoms with Gasteiger partial charge in [-0.15, -0.1) is 0 Å². The summed E-state index contributed by atoms with van der Waals surface area (Å²) in [5, 5.41) is 1.11. The molecule has 0 atom stereocenters. The molecule has 0 aliphatic carbocycles. The van der Waals surface area contributed by atoms with Crippen LogP contribution in [-0.4, -0.2) is 47.4 Å². The van der Waals surface area contributed by atoms with E-state index in [2.05, 4.69) is 30.9 Å². The highest BCUT2D eigenvalue weighted by Crippen LogP contribution is 2.36. The van der Waals surface area contributed by atoms with Crippen molar-refractivity contribution < 1.29 is 9.31 Å². The summed E-state index contributed by atoms with van der Waals surface area (Å²) < 4.78 is 15.7. The van der Waals surface area contributed by atoms with E-state index in [-0.39, 0.29) is 33.2 Å². The van der Waals surface area contributed by atoms with Gasteiger partial charge in [-0.2, -0.15) is 0 Å². The van der Waals surface area contributed by atoms with Gasteiger partial charge < -0.3 is 28.4 Å². The van der Waals surface area contributed by atoms with Gasteiger partial charge in [0.1, 0.15) is 11.3 Å². The quantitative estimate of drug-likeness (QED) is 0.180. The number of nitrogens with one attached hydrogen (secondary N) is 2. The highest BCUT2D eigenvalue weighted by atomic mass is 79.9. The molecule has 0 saturated carbocycles. The van der Waals surface area contributed by atoms with Crippen LogP contribution in [0.25, 0.3) is 55.7 Å². The number of aromatic nitrogens is 6. The van der Waals surface area contributed by atoms with Crippen LogP contribution in [0.15, 0.2) is 158 Å². The molecule has 0 bridgehead atoms. The maximum Gasteiger partial charge on any atom is 0.496 e. The fourth-order valence-corrected chi connectivity index (χ4v) is 7.04. The van der Waals surface area contributed by atoms with Gasteiger partial charge in [0.15, 0.2) is 10.9 Å². The predicted octanol–water partition coefficient (Wildman–Crippen LogP) is 6.99.